The van der Waals surface area contributed by atoms with Crippen LogP contribution in [0.15, 0.2) is 71.0 Å². The Morgan fingerprint density at radius 1 is 1.12 bits per heavy atom. The van der Waals surface area contributed by atoms with E-state index in [9.17, 15) is 9.90 Å². The maximum atomic E-state index is 13.7. The average Bonchev–Trinajstić information content (AvgIpc) is 3.79. The molecule has 1 aliphatic carbocycles. The number of carbonyl (C=O) groups is 1. The molecule has 1 aliphatic rings. The van der Waals surface area contributed by atoms with Crippen molar-refractivity contribution in [2.45, 2.75) is 50.5 Å². The lowest BCUT2D eigenvalue weighted by Crippen LogP contribution is -2.30. The molecule has 9 heteroatoms. The lowest BCUT2D eigenvalue weighted by molar-refractivity contribution is 0.0936. The molecule has 0 bridgehead atoms. The van der Waals surface area contributed by atoms with Gasteiger partial charge in [-0.15, -0.1) is 11.3 Å². The summed E-state index contributed by atoms with van der Waals surface area (Å²) in [5.41, 5.74) is 13.5. The van der Waals surface area contributed by atoms with Crippen LogP contribution in [0.4, 0.5) is 5.13 Å². The summed E-state index contributed by atoms with van der Waals surface area (Å²) in [5.74, 6) is 0.487. The summed E-state index contributed by atoms with van der Waals surface area (Å²) in [6.45, 7) is 0. The quantitative estimate of drug-likeness (QED) is 0.137. The van der Waals surface area contributed by atoms with E-state index in [1.807, 2.05) is 35.8 Å². The predicted molar refractivity (Wildman–Crippen MR) is 162 cm³/mol. The van der Waals surface area contributed by atoms with Crippen molar-refractivity contribution in [3.05, 3.63) is 89.0 Å². The highest BCUT2D eigenvalue weighted by Gasteiger charge is 2.26. The molecule has 8 nitrogen and oxygen atoms in total. The van der Waals surface area contributed by atoms with Gasteiger partial charge in [0.15, 0.2) is 5.13 Å². The molecule has 0 saturated heterocycles. The highest BCUT2D eigenvalue weighted by molar-refractivity contribution is 7.13. The predicted octanol–water partition coefficient (Wildman–Crippen LogP) is 7.42. The van der Waals surface area contributed by atoms with Crippen LogP contribution in [0.1, 0.15) is 71.2 Å². The van der Waals surface area contributed by atoms with Gasteiger partial charge in [-0.2, -0.15) is 0 Å². The molecule has 6 aromatic rings. The molecule has 0 aliphatic heterocycles. The van der Waals surface area contributed by atoms with E-state index in [1.165, 1.54) is 49.0 Å². The fourth-order valence-electron chi connectivity index (χ4n) is 6.30. The van der Waals surface area contributed by atoms with Gasteiger partial charge < -0.3 is 30.5 Å². The lowest BCUT2D eigenvalue weighted by Gasteiger charge is -2.22. The lowest BCUT2D eigenvalue weighted by atomic mass is 9.82. The summed E-state index contributed by atoms with van der Waals surface area (Å²) in [4.78, 5) is 25.1. The molecule has 41 heavy (non-hydrogen) atoms. The fraction of sp³-hybridized carbons (Fsp3) is 0.250. The monoisotopic (exact) mass is 565 g/mol. The number of rotatable bonds is 7. The SMILES string of the molecule is Nc1nc([C@H](Cc2c[nH]c3ccc(O)cc23)NC(=O)c2ccc3c(C4CCCCC4)c(-c4ccoc4)[nH]c3c2)cs1. The number of anilines is 1. The third-order valence-electron chi connectivity index (χ3n) is 8.30. The number of nitrogens with two attached hydrogens (primary N) is 1. The normalized spacial score (nSPS) is 15.0. The Labute approximate surface area is 240 Å². The van der Waals surface area contributed by atoms with E-state index >= 15 is 0 Å². The number of carbonyl (C=O) groups excluding carboxylic acids is 1. The Hall–Kier alpha value is -4.50. The van der Waals surface area contributed by atoms with Gasteiger partial charge in [0.25, 0.3) is 5.91 Å². The second-order valence-electron chi connectivity index (χ2n) is 10.9. The third-order valence-corrected chi connectivity index (χ3v) is 8.99. The zero-order chi connectivity index (χ0) is 27.9. The Morgan fingerprint density at radius 3 is 2.78 bits per heavy atom. The van der Waals surface area contributed by atoms with Crippen LogP contribution in [0.25, 0.3) is 33.1 Å². The summed E-state index contributed by atoms with van der Waals surface area (Å²) in [6.07, 6.45) is 12.0. The van der Waals surface area contributed by atoms with E-state index in [1.54, 1.807) is 24.7 Å². The van der Waals surface area contributed by atoms with Crippen molar-refractivity contribution in [2.24, 2.45) is 0 Å². The smallest absolute Gasteiger partial charge is 0.251 e. The number of hydrogen-bond acceptors (Lipinski definition) is 6. The van der Waals surface area contributed by atoms with E-state index in [0.29, 0.717) is 28.7 Å². The first kappa shape index (κ1) is 25.5. The standard InChI is InChI=1S/C32H31N5O3S/c33-32-37-28(17-41-32)27(13-21-15-34-25-9-7-22(38)14-24(21)25)36-31(39)19-6-8-23-26(12-19)35-30(20-10-11-40-16-20)29(23)18-4-2-1-3-5-18/h6-12,14-18,27,34-35,38H,1-5,13H2,(H2,33,37)(H,36,39)/t27-/m0/s1. The van der Waals surface area contributed by atoms with Gasteiger partial charge in [0.1, 0.15) is 5.75 Å². The molecule has 1 atom stereocenters. The topological polar surface area (TPSA) is 133 Å². The van der Waals surface area contributed by atoms with Crippen LogP contribution in [0.5, 0.6) is 5.75 Å². The van der Waals surface area contributed by atoms with Crippen molar-refractivity contribution >= 4 is 44.2 Å². The van der Waals surface area contributed by atoms with Crippen LogP contribution in [0, 0.1) is 0 Å². The van der Waals surface area contributed by atoms with Gasteiger partial charge in [-0.05, 0) is 66.3 Å². The molecule has 1 saturated carbocycles. The highest BCUT2D eigenvalue weighted by Crippen LogP contribution is 2.42. The maximum absolute atomic E-state index is 13.7. The number of phenolic OH excluding ortho intramolecular Hbond substituents is 1. The molecular formula is C32H31N5O3S. The Balaban J connectivity index is 1.22. The number of benzene rings is 2. The van der Waals surface area contributed by atoms with Gasteiger partial charge in [-0.25, -0.2) is 4.98 Å². The van der Waals surface area contributed by atoms with Gasteiger partial charge in [0.2, 0.25) is 0 Å². The van der Waals surface area contributed by atoms with E-state index in [0.717, 1.165) is 38.6 Å². The number of nitrogens with one attached hydrogen (secondary N) is 3. The first-order valence-corrected chi connectivity index (χ1v) is 14.9. The number of nitrogens with zero attached hydrogens (tertiary/aromatic N) is 1. The van der Waals surface area contributed by atoms with E-state index in [2.05, 4.69) is 26.3 Å². The van der Waals surface area contributed by atoms with Crippen LogP contribution in [-0.4, -0.2) is 26.0 Å². The number of furan rings is 1. The second-order valence-corrected chi connectivity index (χ2v) is 11.8. The maximum Gasteiger partial charge on any atom is 0.251 e. The molecule has 1 amide bonds. The Bertz CT molecular complexity index is 1840. The molecule has 1 fully saturated rings. The zero-order valence-electron chi connectivity index (χ0n) is 22.4. The van der Waals surface area contributed by atoms with Gasteiger partial charge in [0.05, 0.1) is 30.0 Å². The Morgan fingerprint density at radius 2 is 2.00 bits per heavy atom. The number of hydrogen-bond donors (Lipinski definition) is 5. The van der Waals surface area contributed by atoms with Crippen LogP contribution in [0.3, 0.4) is 0 Å². The van der Waals surface area contributed by atoms with E-state index in [-0.39, 0.29) is 11.7 Å². The van der Waals surface area contributed by atoms with Crippen molar-refractivity contribution in [1.82, 2.24) is 20.3 Å². The molecule has 0 spiro atoms. The molecule has 6 N–H and O–H groups in total. The summed E-state index contributed by atoms with van der Waals surface area (Å²) in [5, 5.41) is 17.7. The molecule has 208 valence electrons. The molecule has 7 rings (SSSR count). The van der Waals surface area contributed by atoms with Crippen LogP contribution in [-0.2, 0) is 6.42 Å². The highest BCUT2D eigenvalue weighted by atomic mass is 32.1. The van der Waals surface area contributed by atoms with Gasteiger partial charge in [0, 0.05) is 50.9 Å². The van der Waals surface area contributed by atoms with Crippen LogP contribution < -0.4 is 11.1 Å². The van der Waals surface area contributed by atoms with E-state index < -0.39 is 6.04 Å². The molecule has 0 radical (unpaired) electrons. The van der Waals surface area contributed by atoms with Crippen molar-refractivity contribution in [1.29, 1.82) is 0 Å². The third kappa shape index (κ3) is 4.86. The van der Waals surface area contributed by atoms with E-state index in [4.69, 9.17) is 10.2 Å². The number of fused-ring (bicyclic) bond motifs is 2. The number of phenols is 1. The summed E-state index contributed by atoms with van der Waals surface area (Å²) < 4.78 is 5.42. The minimum Gasteiger partial charge on any atom is -0.508 e. The number of aromatic nitrogens is 3. The first-order valence-electron chi connectivity index (χ1n) is 14.0. The number of amides is 1. The number of H-pyrrole nitrogens is 2. The minimum absolute atomic E-state index is 0.190. The number of aromatic amines is 2. The van der Waals surface area contributed by atoms with Crippen molar-refractivity contribution in [2.75, 3.05) is 5.73 Å². The summed E-state index contributed by atoms with van der Waals surface area (Å²) in [6, 6.07) is 12.7. The molecule has 0 unspecified atom stereocenters. The van der Waals surface area contributed by atoms with Gasteiger partial charge in [-0.1, -0.05) is 25.3 Å². The summed E-state index contributed by atoms with van der Waals surface area (Å²) >= 11 is 1.35. The molecular weight excluding hydrogens is 534 g/mol. The first-order chi connectivity index (χ1) is 20.0. The van der Waals surface area contributed by atoms with Crippen LogP contribution >= 0.6 is 11.3 Å². The Kier molecular flexibility index (Phi) is 6.51. The largest absolute Gasteiger partial charge is 0.508 e. The van der Waals surface area contributed by atoms with Crippen LogP contribution in [0.2, 0.25) is 0 Å². The molecule has 4 aromatic heterocycles. The zero-order valence-corrected chi connectivity index (χ0v) is 23.3. The minimum atomic E-state index is -0.406. The number of thiazole rings is 1. The molecule has 2 aromatic carbocycles. The average molecular weight is 566 g/mol. The van der Waals surface area contributed by atoms with Crippen molar-refractivity contribution in [3.8, 4) is 17.0 Å². The summed E-state index contributed by atoms with van der Waals surface area (Å²) in [7, 11) is 0. The van der Waals surface area contributed by atoms with Gasteiger partial charge in [-0.3, -0.25) is 4.79 Å². The molecule has 4 heterocycles. The number of nitrogen functional groups attached to an aromatic ring is 1. The number of aromatic hydroxyl groups is 1. The van der Waals surface area contributed by atoms with Crippen molar-refractivity contribution < 1.29 is 14.3 Å². The van der Waals surface area contributed by atoms with Crippen molar-refractivity contribution in [3.63, 3.8) is 0 Å². The van der Waals surface area contributed by atoms with Gasteiger partial charge >= 0.3 is 0 Å². The second kappa shape index (κ2) is 10.5. The fourth-order valence-corrected chi connectivity index (χ4v) is 6.91.